The van der Waals surface area contributed by atoms with Crippen molar-refractivity contribution < 1.29 is 14.3 Å². The minimum atomic E-state index is -0.0469. The zero-order valence-electron chi connectivity index (χ0n) is 16.0. The number of aromatic amines is 1. The lowest BCUT2D eigenvalue weighted by atomic mass is 9.95. The first-order valence-corrected chi connectivity index (χ1v) is 9.60. The first-order valence-electron chi connectivity index (χ1n) is 9.60. The normalized spacial score (nSPS) is 16.8. The second kappa shape index (κ2) is 8.40. The van der Waals surface area contributed by atoms with Gasteiger partial charge in [0, 0.05) is 41.4 Å². The summed E-state index contributed by atoms with van der Waals surface area (Å²) in [6.07, 6.45) is 4.64. The molecule has 0 amide bonds. The first kappa shape index (κ1) is 18.4. The summed E-state index contributed by atoms with van der Waals surface area (Å²) in [5, 5.41) is 1.10. The number of aryl methyl sites for hydroxylation is 1. The van der Waals surface area contributed by atoms with Crippen molar-refractivity contribution in [3.8, 4) is 5.75 Å². The van der Waals surface area contributed by atoms with Gasteiger partial charge in [-0.3, -0.25) is 9.79 Å². The molecule has 1 fully saturated rings. The van der Waals surface area contributed by atoms with E-state index in [2.05, 4.69) is 16.0 Å². The molecule has 5 heteroatoms. The van der Waals surface area contributed by atoms with Crippen LogP contribution in [0.25, 0.3) is 10.9 Å². The molecule has 5 nitrogen and oxygen atoms in total. The van der Waals surface area contributed by atoms with Gasteiger partial charge in [-0.1, -0.05) is 30.3 Å². The highest BCUT2D eigenvalue weighted by Crippen LogP contribution is 2.34. The number of para-hydroxylation sites is 1. The first-order chi connectivity index (χ1) is 13.7. The number of ketones is 1. The number of aliphatic imine (C=N–C) groups is 1. The molecule has 0 saturated carbocycles. The monoisotopic (exact) mass is 376 g/mol. The average Bonchev–Trinajstić information content (AvgIpc) is 3.39. The maximum absolute atomic E-state index is 12.3. The van der Waals surface area contributed by atoms with E-state index in [1.807, 2.05) is 49.5 Å². The number of fused-ring (bicyclic) bond motifs is 1. The number of Topliss-reactive ketones (excluding diaryl/α,β-unsaturated/α-hetero) is 1. The lowest BCUT2D eigenvalue weighted by Gasteiger charge is -2.17. The van der Waals surface area contributed by atoms with Crippen LogP contribution in [0.15, 0.2) is 53.7 Å². The number of nitrogens with zero attached hydrogens (tertiary/aromatic N) is 1. The molecule has 4 rings (SSSR count). The Labute approximate surface area is 164 Å². The largest absolute Gasteiger partial charge is 0.485 e. The van der Waals surface area contributed by atoms with Crippen molar-refractivity contribution in [2.75, 3.05) is 26.4 Å². The summed E-state index contributed by atoms with van der Waals surface area (Å²) in [4.78, 5) is 19.8. The zero-order chi connectivity index (χ0) is 19.3. The van der Waals surface area contributed by atoms with Crippen LogP contribution in [0.1, 0.15) is 29.0 Å². The van der Waals surface area contributed by atoms with Crippen LogP contribution in [0.4, 0.5) is 0 Å². The van der Waals surface area contributed by atoms with E-state index in [9.17, 15) is 4.79 Å². The Kier molecular flexibility index (Phi) is 5.53. The number of ether oxygens (including phenoxy) is 2. The van der Waals surface area contributed by atoms with Crippen LogP contribution in [0.2, 0.25) is 0 Å². The van der Waals surface area contributed by atoms with E-state index in [1.54, 1.807) is 6.21 Å². The topological polar surface area (TPSA) is 63.7 Å². The van der Waals surface area contributed by atoms with Crippen LogP contribution in [0, 0.1) is 6.92 Å². The predicted molar refractivity (Wildman–Crippen MR) is 111 cm³/mol. The van der Waals surface area contributed by atoms with Crippen molar-refractivity contribution in [1.29, 1.82) is 0 Å². The summed E-state index contributed by atoms with van der Waals surface area (Å²) in [6, 6.07) is 14.1. The van der Waals surface area contributed by atoms with Crippen molar-refractivity contribution in [3.05, 3.63) is 65.4 Å². The summed E-state index contributed by atoms with van der Waals surface area (Å²) in [7, 11) is 0. The maximum atomic E-state index is 12.3. The van der Waals surface area contributed by atoms with E-state index in [1.165, 1.54) is 0 Å². The van der Waals surface area contributed by atoms with E-state index in [-0.39, 0.29) is 18.9 Å². The van der Waals surface area contributed by atoms with Gasteiger partial charge in [0.25, 0.3) is 0 Å². The van der Waals surface area contributed by atoms with E-state index in [0.29, 0.717) is 12.5 Å². The number of benzene rings is 2. The molecular formula is C23H24N2O3. The van der Waals surface area contributed by atoms with E-state index in [4.69, 9.17) is 9.47 Å². The van der Waals surface area contributed by atoms with Gasteiger partial charge in [-0.25, -0.2) is 0 Å². The molecule has 1 aliphatic heterocycles. The van der Waals surface area contributed by atoms with Crippen molar-refractivity contribution in [1.82, 2.24) is 4.98 Å². The number of hydrogen-bond acceptors (Lipinski definition) is 4. The van der Waals surface area contributed by atoms with Crippen molar-refractivity contribution in [3.63, 3.8) is 0 Å². The third kappa shape index (κ3) is 3.99. The van der Waals surface area contributed by atoms with Crippen LogP contribution < -0.4 is 4.74 Å². The van der Waals surface area contributed by atoms with E-state index < -0.39 is 0 Å². The predicted octanol–water partition coefficient (Wildman–Crippen LogP) is 4.05. The quantitative estimate of drug-likeness (QED) is 0.633. The van der Waals surface area contributed by atoms with Crippen molar-refractivity contribution in [2.24, 2.45) is 4.99 Å². The molecule has 1 aliphatic rings. The standard InChI is InChI=1S/C23H24N2O3/c1-16-4-2-6-21(18-9-11-27-14-18)23(16)28-15-19(26)13-24-12-17-5-3-7-22-20(17)8-10-25-22/h2-8,10,12,18,25H,9,11,13-15H2,1H3. The molecule has 0 aliphatic carbocycles. The fourth-order valence-electron chi connectivity index (χ4n) is 3.64. The lowest BCUT2D eigenvalue weighted by Crippen LogP contribution is -2.16. The molecule has 2 heterocycles. The number of nitrogens with one attached hydrogen (secondary N) is 1. The van der Waals surface area contributed by atoms with Gasteiger partial charge in [-0.2, -0.15) is 0 Å². The number of H-pyrrole nitrogens is 1. The highest BCUT2D eigenvalue weighted by atomic mass is 16.5. The summed E-state index contributed by atoms with van der Waals surface area (Å²) in [5.74, 6) is 1.10. The van der Waals surface area contributed by atoms with Gasteiger partial charge in [0.2, 0.25) is 0 Å². The van der Waals surface area contributed by atoms with Gasteiger partial charge in [-0.05, 0) is 36.6 Å². The molecule has 1 atom stereocenters. The summed E-state index contributed by atoms with van der Waals surface area (Å²) < 4.78 is 11.4. The van der Waals surface area contributed by atoms with Gasteiger partial charge in [0.1, 0.15) is 18.9 Å². The molecule has 1 aromatic heterocycles. The Morgan fingerprint density at radius 3 is 3.04 bits per heavy atom. The number of rotatable bonds is 7. The van der Waals surface area contributed by atoms with Crippen molar-refractivity contribution >= 4 is 22.9 Å². The lowest BCUT2D eigenvalue weighted by molar-refractivity contribution is -0.119. The van der Waals surface area contributed by atoms with Gasteiger partial charge in [-0.15, -0.1) is 0 Å². The molecule has 0 spiro atoms. The number of aromatic nitrogens is 1. The van der Waals surface area contributed by atoms with Gasteiger partial charge in [0.15, 0.2) is 5.78 Å². The fraction of sp³-hybridized carbons (Fsp3) is 0.304. The third-order valence-corrected chi connectivity index (χ3v) is 5.12. The molecule has 1 saturated heterocycles. The molecule has 2 aromatic carbocycles. The molecule has 0 radical (unpaired) electrons. The Balaban J connectivity index is 1.38. The second-order valence-electron chi connectivity index (χ2n) is 7.14. The minimum absolute atomic E-state index is 0.0249. The van der Waals surface area contributed by atoms with Crippen LogP contribution in [0.5, 0.6) is 5.75 Å². The van der Waals surface area contributed by atoms with Crippen LogP contribution in [-0.4, -0.2) is 43.3 Å². The van der Waals surface area contributed by atoms with E-state index >= 15 is 0 Å². The third-order valence-electron chi connectivity index (χ3n) is 5.12. The van der Waals surface area contributed by atoms with Gasteiger partial charge in [0.05, 0.1) is 6.61 Å². The Bertz CT molecular complexity index is 1000. The van der Waals surface area contributed by atoms with Crippen molar-refractivity contribution in [2.45, 2.75) is 19.3 Å². The second-order valence-corrected chi connectivity index (χ2v) is 7.14. The smallest absolute Gasteiger partial charge is 0.191 e. The molecule has 1 N–H and O–H groups in total. The number of carbonyl (C=O) groups excluding carboxylic acids is 1. The van der Waals surface area contributed by atoms with Crippen LogP contribution in [0.3, 0.4) is 0 Å². The Morgan fingerprint density at radius 2 is 2.18 bits per heavy atom. The van der Waals surface area contributed by atoms with Gasteiger partial charge >= 0.3 is 0 Å². The van der Waals surface area contributed by atoms with E-state index in [0.717, 1.165) is 46.4 Å². The molecule has 28 heavy (non-hydrogen) atoms. The summed E-state index contributed by atoms with van der Waals surface area (Å²) >= 11 is 0. The highest BCUT2D eigenvalue weighted by Gasteiger charge is 2.22. The molecular weight excluding hydrogens is 352 g/mol. The number of carbonyl (C=O) groups is 1. The molecule has 144 valence electrons. The summed E-state index contributed by atoms with van der Waals surface area (Å²) in [6.45, 7) is 3.63. The van der Waals surface area contributed by atoms with Crippen LogP contribution in [-0.2, 0) is 9.53 Å². The maximum Gasteiger partial charge on any atom is 0.191 e. The SMILES string of the molecule is Cc1cccc(C2CCOC2)c1OCC(=O)CN=Cc1cccc2[nH]ccc12. The molecule has 1 unspecified atom stereocenters. The highest BCUT2D eigenvalue weighted by molar-refractivity contribution is 5.99. The van der Waals surface area contributed by atoms with Crippen LogP contribution >= 0.6 is 0 Å². The molecule has 0 bridgehead atoms. The van der Waals surface area contributed by atoms with Gasteiger partial charge < -0.3 is 14.5 Å². The zero-order valence-corrected chi connectivity index (χ0v) is 16.0. The number of hydrogen-bond donors (Lipinski definition) is 1. The average molecular weight is 376 g/mol. The minimum Gasteiger partial charge on any atom is -0.485 e. The summed E-state index contributed by atoms with van der Waals surface area (Å²) in [5.41, 5.74) is 4.23. The Hall–Kier alpha value is -2.92. The molecule has 3 aromatic rings. The Morgan fingerprint density at radius 1 is 1.29 bits per heavy atom. The fourth-order valence-corrected chi connectivity index (χ4v) is 3.64.